The van der Waals surface area contributed by atoms with Gasteiger partial charge in [-0.1, -0.05) is 6.07 Å². The number of aromatic nitrogens is 2. The first-order valence-corrected chi connectivity index (χ1v) is 10.0. The predicted octanol–water partition coefficient (Wildman–Crippen LogP) is 0.334. The largest absolute Gasteiger partial charge is 0.337 e. The first-order valence-electron chi connectivity index (χ1n) is 8.53. The SMILES string of the molecule is Cn1cc(CNS(=O)(=O)c2cccc(C(=O)N3CCCNCC3)c2)cn1. The fourth-order valence-corrected chi connectivity index (χ4v) is 3.92. The Kier molecular flexibility index (Phi) is 5.70. The van der Waals surface area contributed by atoms with Gasteiger partial charge in [0.25, 0.3) is 5.91 Å². The summed E-state index contributed by atoms with van der Waals surface area (Å²) < 4.78 is 29.2. The Hall–Kier alpha value is -2.23. The maximum absolute atomic E-state index is 12.7. The smallest absolute Gasteiger partial charge is 0.253 e. The summed E-state index contributed by atoms with van der Waals surface area (Å²) >= 11 is 0. The van der Waals surface area contributed by atoms with Crippen LogP contribution in [0.2, 0.25) is 0 Å². The zero-order chi connectivity index (χ0) is 18.6. The molecule has 8 nitrogen and oxygen atoms in total. The highest BCUT2D eigenvalue weighted by Gasteiger charge is 2.20. The predicted molar refractivity (Wildman–Crippen MR) is 97.1 cm³/mol. The van der Waals surface area contributed by atoms with E-state index in [0.29, 0.717) is 18.7 Å². The molecule has 1 aromatic heterocycles. The highest BCUT2D eigenvalue weighted by atomic mass is 32.2. The van der Waals surface area contributed by atoms with Gasteiger partial charge < -0.3 is 10.2 Å². The van der Waals surface area contributed by atoms with Crippen LogP contribution >= 0.6 is 0 Å². The van der Waals surface area contributed by atoms with Crippen LogP contribution in [0.5, 0.6) is 0 Å². The molecule has 0 spiro atoms. The van der Waals surface area contributed by atoms with Crippen LogP contribution in [-0.2, 0) is 23.6 Å². The van der Waals surface area contributed by atoms with Gasteiger partial charge in [-0.15, -0.1) is 0 Å². The third kappa shape index (κ3) is 4.48. The highest BCUT2D eigenvalue weighted by Crippen LogP contribution is 2.14. The summed E-state index contributed by atoms with van der Waals surface area (Å²) in [5.41, 5.74) is 1.15. The van der Waals surface area contributed by atoms with Crippen LogP contribution in [0.15, 0.2) is 41.6 Å². The number of nitrogens with one attached hydrogen (secondary N) is 2. The van der Waals surface area contributed by atoms with Crippen LogP contribution in [0, 0.1) is 0 Å². The van der Waals surface area contributed by atoms with Crippen LogP contribution in [0.4, 0.5) is 0 Å². The van der Waals surface area contributed by atoms with Gasteiger partial charge in [0.05, 0.1) is 11.1 Å². The number of aryl methyl sites for hydroxylation is 1. The number of rotatable bonds is 5. The molecular weight excluding hydrogens is 354 g/mol. The standard InChI is InChI=1S/C17H23N5O3S/c1-21-13-14(11-19-21)12-20-26(24,25)16-5-2-4-15(10-16)17(23)22-8-3-6-18-7-9-22/h2,4-5,10-11,13,18,20H,3,6-9,12H2,1H3. The maximum atomic E-state index is 12.7. The Morgan fingerprint density at radius 2 is 2.15 bits per heavy atom. The first-order chi connectivity index (χ1) is 12.5. The number of sulfonamides is 1. The molecular formula is C17H23N5O3S. The van der Waals surface area contributed by atoms with Gasteiger partial charge in [0.2, 0.25) is 10.0 Å². The lowest BCUT2D eigenvalue weighted by Gasteiger charge is -2.20. The molecule has 0 bridgehead atoms. The van der Waals surface area contributed by atoms with Gasteiger partial charge in [0, 0.05) is 50.6 Å². The lowest BCUT2D eigenvalue weighted by molar-refractivity contribution is 0.0766. The summed E-state index contributed by atoms with van der Waals surface area (Å²) in [6.45, 7) is 3.07. The van der Waals surface area contributed by atoms with E-state index in [9.17, 15) is 13.2 Å². The van der Waals surface area contributed by atoms with Crippen molar-refractivity contribution in [2.45, 2.75) is 17.9 Å². The summed E-state index contributed by atoms with van der Waals surface area (Å²) in [7, 11) is -1.94. The molecule has 2 N–H and O–H groups in total. The molecule has 0 unspecified atom stereocenters. The van der Waals surface area contributed by atoms with E-state index >= 15 is 0 Å². The lowest BCUT2D eigenvalue weighted by Crippen LogP contribution is -2.34. The number of carbonyl (C=O) groups excluding carboxylic acids is 1. The second-order valence-electron chi connectivity index (χ2n) is 6.27. The Morgan fingerprint density at radius 3 is 2.92 bits per heavy atom. The van der Waals surface area contributed by atoms with E-state index in [2.05, 4.69) is 15.1 Å². The number of hydrogen-bond acceptors (Lipinski definition) is 5. The first kappa shape index (κ1) is 18.6. The van der Waals surface area contributed by atoms with Gasteiger partial charge in [0.15, 0.2) is 0 Å². The average Bonchev–Trinajstić information content (AvgIpc) is 2.88. The molecule has 0 radical (unpaired) electrons. The Morgan fingerprint density at radius 1 is 1.31 bits per heavy atom. The molecule has 3 rings (SSSR count). The molecule has 2 aromatic rings. The quantitative estimate of drug-likeness (QED) is 0.783. The van der Waals surface area contributed by atoms with Crippen molar-refractivity contribution >= 4 is 15.9 Å². The number of benzene rings is 1. The van der Waals surface area contributed by atoms with Crippen molar-refractivity contribution in [2.75, 3.05) is 26.2 Å². The molecule has 140 valence electrons. The van der Waals surface area contributed by atoms with E-state index in [1.165, 1.54) is 12.1 Å². The number of amides is 1. The number of carbonyl (C=O) groups is 1. The summed E-state index contributed by atoms with van der Waals surface area (Å²) in [5, 5.41) is 7.26. The Balaban J connectivity index is 1.73. The molecule has 2 heterocycles. The van der Waals surface area contributed by atoms with Gasteiger partial charge in [-0.05, 0) is 31.2 Å². The van der Waals surface area contributed by atoms with Crippen molar-refractivity contribution < 1.29 is 13.2 Å². The molecule has 1 fully saturated rings. The van der Waals surface area contributed by atoms with E-state index in [1.807, 2.05) is 0 Å². The fourth-order valence-electron chi connectivity index (χ4n) is 2.85. The van der Waals surface area contributed by atoms with Crippen molar-refractivity contribution in [1.29, 1.82) is 0 Å². The van der Waals surface area contributed by atoms with Gasteiger partial charge in [-0.3, -0.25) is 9.48 Å². The molecule has 0 saturated carbocycles. The zero-order valence-electron chi connectivity index (χ0n) is 14.7. The fraction of sp³-hybridized carbons (Fsp3) is 0.412. The number of nitrogens with zero attached hydrogens (tertiary/aromatic N) is 3. The van der Waals surface area contributed by atoms with Gasteiger partial charge in [0.1, 0.15) is 0 Å². The van der Waals surface area contributed by atoms with Crippen LogP contribution in [0.3, 0.4) is 0 Å². The zero-order valence-corrected chi connectivity index (χ0v) is 15.5. The second-order valence-corrected chi connectivity index (χ2v) is 8.04. The summed E-state index contributed by atoms with van der Waals surface area (Å²) in [4.78, 5) is 14.5. The Labute approximate surface area is 153 Å². The van der Waals surface area contributed by atoms with Crippen LogP contribution in [0.25, 0.3) is 0 Å². The maximum Gasteiger partial charge on any atom is 0.253 e. The molecule has 0 atom stereocenters. The third-order valence-electron chi connectivity index (χ3n) is 4.24. The van der Waals surface area contributed by atoms with Crippen molar-refractivity contribution in [3.63, 3.8) is 0 Å². The molecule has 1 saturated heterocycles. The minimum Gasteiger partial charge on any atom is -0.337 e. The molecule has 1 amide bonds. The molecule has 26 heavy (non-hydrogen) atoms. The Bertz CT molecular complexity index is 870. The van der Waals surface area contributed by atoms with Gasteiger partial charge >= 0.3 is 0 Å². The van der Waals surface area contributed by atoms with E-state index in [1.54, 1.807) is 41.2 Å². The third-order valence-corrected chi connectivity index (χ3v) is 5.64. The van der Waals surface area contributed by atoms with Gasteiger partial charge in [-0.25, -0.2) is 13.1 Å². The molecule has 0 aliphatic carbocycles. The van der Waals surface area contributed by atoms with Crippen molar-refractivity contribution in [2.24, 2.45) is 7.05 Å². The molecule has 1 aromatic carbocycles. The van der Waals surface area contributed by atoms with E-state index < -0.39 is 10.0 Å². The molecule has 9 heteroatoms. The van der Waals surface area contributed by atoms with Gasteiger partial charge in [-0.2, -0.15) is 5.10 Å². The minimum atomic E-state index is -3.71. The van der Waals surface area contributed by atoms with Crippen molar-refractivity contribution in [3.05, 3.63) is 47.8 Å². The second kappa shape index (κ2) is 7.98. The summed E-state index contributed by atoms with van der Waals surface area (Å²) in [6, 6.07) is 6.18. The van der Waals surface area contributed by atoms with E-state index in [4.69, 9.17) is 0 Å². The van der Waals surface area contributed by atoms with E-state index in [0.717, 1.165) is 25.1 Å². The van der Waals surface area contributed by atoms with Crippen molar-refractivity contribution in [1.82, 2.24) is 24.7 Å². The van der Waals surface area contributed by atoms with Crippen molar-refractivity contribution in [3.8, 4) is 0 Å². The van der Waals surface area contributed by atoms with Crippen LogP contribution in [0.1, 0.15) is 22.3 Å². The van der Waals surface area contributed by atoms with E-state index in [-0.39, 0.29) is 17.3 Å². The van der Waals surface area contributed by atoms with Crippen LogP contribution < -0.4 is 10.0 Å². The number of hydrogen-bond donors (Lipinski definition) is 2. The van der Waals surface area contributed by atoms with Crippen LogP contribution in [-0.4, -0.2) is 55.2 Å². The monoisotopic (exact) mass is 377 g/mol. The molecule has 1 aliphatic rings. The normalized spacial score (nSPS) is 15.7. The topological polar surface area (TPSA) is 96.3 Å². The average molecular weight is 377 g/mol. The highest BCUT2D eigenvalue weighted by molar-refractivity contribution is 7.89. The molecule has 1 aliphatic heterocycles. The summed E-state index contributed by atoms with van der Waals surface area (Å²) in [5.74, 6) is -0.141. The minimum absolute atomic E-state index is 0.0835. The summed E-state index contributed by atoms with van der Waals surface area (Å²) in [6.07, 6.45) is 4.24. The lowest BCUT2D eigenvalue weighted by atomic mass is 10.2.